The van der Waals surface area contributed by atoms with Crippen LogP contribution in [-0.2, 0) is 13.5 Å². The highest BCUT2D eigenvalue weighted by atomic mass is 32.1. The fourth-order valence-electron chi connectivity index (χ4n) is 2.27. The van der Waals surface area contributed by atoms with E-state index in [2.05, 4.69) is 36.4 Å². The van der Waals surface area contributed by atoms with Gasteiger partial charge in [0, 0.05) is 16.8 Å². The minimum absolute atomic E-state index is 0.141. The van der Waals surface area contributed by atoms with Gasteiger partial charge in [-0.05, 0) is 31.5 Å². The number of rotatable bonds is 7. The topological polar surface area (TPSA) is 39.1 Å². The zero-order valence-electron chi connectivity index (χ0n) is 12.6. The molecule has 0 spiro atoms. The molecule has 0 aromatic carbocycles. The molecule has 0 saturated carbocycles. The number of ether oxygens (including phenoxy) is 1. The van der Waals surface area contributed by atoms with Crippen molar-refractivity contribution in [3.8, 4) is 5.75 Å². The molecule has 0 saturated heterocycles. The minimum atomic E-state index is 0.141. The highest BCUT2D eigenvalue weighted by molar-refractivity contribution is 7.12. The highest BCUT2D eigenvalue weighted by Crippen LogP contribution is 2.33. The van der Waals surface area contributed by atoms with Crippen molar-refractivity contribution in [3.63, 3.8) is 0 Å². The monoisotopic (exact) mass is 293 g/mol. The van der Waals surface area contributed by atoms with Crippen LogP contribution in [0.25, 0.3) is 0 Å². The molecule has 2 rings (SSSR count). The van der Waals surface area contributed by atoms with Crippen LogP contribution in [0.5, 0.6) is 5.75 Å². The number of methoxy groups -OCH3 is 1. The number of nitrogens with zero attached hydrogens (tertiary/aromatic N) is 2. The molecule has 0 amide bonds. The third-order valence-corrected chi connectivity index (χ3v) is 4.65. The van der Waals surface area contributed by atoms with Gasteiger partial charge in [0.25, 0.3) is 0 Å². The number of thiophene rings is 1. The second-order valence-electron chi connectivity index (χ2n) is 4.77. The van der Waals surface area contributed by atoms with E-state index in [1.54, 1.807) is 13.3 Å². The van der Waals surface area contributed by atoms with E-state index in [0.717, 1.165) is 30.8 Å². The van der Waals surface area contributed by atoms with Crippen molar-refractivity contribution in [1.82, 2.24) is 15.1 Å². The molecule has 4 nitrogen and oxygen atoms in total. The lowest BCUT2D eigenvalue weighted by molar-refractivity contribution is 0.401. The van der Waals surface area contributed by atoms with Gasteiger partial charge in [0.15, 0.2) is 5.75 Å². The lowest BCUT2D eigenvalue weighted by Gasteiger charge is -2.19. The maximum atomic E-state index is 5.46. The Labute approximate surface area is 124 Å². The van der Waals surface area contributed by atoms with Crippen LogP contribution in [0.15, 0.2) is 18.3 Å². The third kappa shape index (κ3) is 3.04. The first kappa shape index (κ1) is 15.1. The first-order valence-electron chi connectivity index (χ1n) is 7.09. The summed E-state index contributed by atoms with van der Waals surface area (Å²) in [5, 5.41) is 7.94. The number of hydrogen-bond donors (Lipinski definition) is 1. The van der Waals surface area contributed by atoms with Gasteiger partial charge in [-0.2, -0.15) is 5.10 Å². The molecule has 0 radical (unpaired) electrons. The van der Waals surface area contributed by atoms with Crippen molar-refractivity contribution in [1.29, 1.82) is 0 Å². The molecule has 0 aliphatic heterocycles. The minimum Gasteiger partial charge on any atom is -0.493 e. The summed E-state index contributed by atoms with van der Waals surface area (Å²) in [7, 11) is 3.66. The van der Waals surface area contributed by atoms with E-state index >= 15 is 0 Å². The summed E-state index contributed by atoms with van der Waals surface area (Å²) >= 11 is 1.86. The van der Waals surface area contributed by atoms with E-state index in [1.807, 2.05) is 23.1 Å². The first-order chi connectivity index (χ1) is 9.71. The fraction of sp³-hybridized carbons (Fsp3) is 0.533. The molecule has 110 valence electrons. The molecule has 1 N–H and O–H groups in total. The Kier molecular flexibility index (Phi) is 5.20. The van der Waals surface area contributed by atoms with Crippen molar-refractivity contribution in [2.75, 3.05) is 13.7 Å². The molecule has 5 heteroatoms. The number of aromatic nitrogens is 2. The zero-order chi connectivity index (χ0) is 14.5. The predicted molar refractivity (Wildman–Crippen MR) is 83.6 cm³/mol. The zero-order valence-corrected chi connectivity index (χ0v) is 13.5. The SMILES string of the molecule is CCCNC(c1ccc(CC)s1)c1c(OC)cnn1C. The van der Waals surface area contributed by atoms with Crippen LogP contribution in [0.1, 0.15) is 41.8 Å². The lowest BCUT2D eigenvalue weighted by atomic mass is 10.1. The van der Waals surface area contributed by atoms with Gasteiger partial charge in [-0.3, -0.25) is 4.68 Å². The summed E-state index contributed by atoms with van der Waals surface area (Å²) in [4.78, 5) is 2.72. The molecule has 0 fully saturated rings. The Hall–Kier alpha value is -1.33. The number of nitrogens with one attached hydrogen (secondary N) is 1. The van der Waals surface area contributed by atoms with Gasteiger partial charge in [-0.1, -0.05) is 13.8 Å². The van der Waals surface area contributed by atoms with Crippen LogP contribution in [0, 0.1) is 0 Å². The average Bonchev–Trinajstić information content (AvgIpc) is 3.07. The quantitative estimate of drug-likeness (QED) is 0.852. The van der Waals surface area contributed by atoms with Crippen molar-refractivity contribution >= 4 is 11.3 Å². The normalized spacial score (nSPS) is 12.6. The maximum absolute atomic E-state index is 5.46. The van der Waals surface area contributed by atoms with Crippen molar-refractivity contribution in [2.24, 2.45) is 7.05 Å². The average molecular weight is 293 g/mol. The second kappa shape index (κ2) is 6.90. The number of hydrogen-bond acceptors (Lipinski definition) is 4. The number of aryl methyl sites for hydroxylation is 2. The molecule has 2 aromatic heterocycles. The van der Waals surface area contributed by atoms with Gasteiger partial charge in [0.2, 0.25) is 0 Å². The van der Waals surface area contributed by atoms with Gasteiger partial charge in [-0.15, -0.1) is 11.3 Å². The molecular weight excluding hydrogens is 270 g/mol. The Morgan fingerprint density at radius 1 is 1.40 bits per heavy atom. The standard InChI is InChI=1S/C15H23N3OS/c1-5-9-16-14(13-8-7-11(6-2)20-13)15-12(19-4)10-17-18(15)3/h7-8,10,14,16H,5-6,9H2,1-4H3. The van der Waals surface area contributed by atoms with Crippen LogP contribution in [-0.4, -0.2) is 23.4 Å². The summed E-state index contributed by atoms with van der Waals surface area (Å²) in [5.74, 6) is 0.840. The fourth-order valence-corrected chi connectivity index (χ4v) is 3.31. The highest BCUT2D eigenvalue weighted by Gasteiger charge is 2.23. The lowest BCUT2D eigenvalue weighted by Crippen LogP contribution is -2.25. The summed E-state index contributed by atoms with van der Waals surface area (Å²) in [6.45, 7) is 5.34. The van der Waals surface area contributed by atoms with Crippen LogP contribution in [0.3, 0.4) is 0 Å². The summed E-state index contributed by atoms with van der Waals surface area (Å²) in [6.07, 6.45) is 3.96. The molecule has 20 heavy (non-hydrogen) atoms. The van der Waals surface area contributed by atoms with Gasteiger partial charge >= 0.3 is 0 Å². The predicted octanol–water partition coefficient (Wildman–Crippen LogP) is 3.14. The Morgan fingerprint density at radius 2 is 2.20 bits per heavy atom. The van der Waals surface area contributed by atoms with Gasteiger partial charge in [0.05, 0.1) is 19.3 Å². The van der Waals surface area contributed by atoms with Gasteiger partial charge in [-0.25, -0.2) is 0 Å². The van der Waals surface area contributed by atoms with Crippen LogP contribution in [0.2, 0.25) is 0 Å². The summed E-state index contributed by atoms with van der Waals surface area (Å²) < 4.78 is 7.36. The van der Waals surface area contributed by atoms with E-state index in [0.29, 0.717) is 0 Å². The molecule has 1 unspecified atom stereocenters. The second-order valence-corrected chi connectivity index (χ2v) is 5.97. The summed E-state index contributed by atoms with van der Waals surface area (Å²) in [5.41, 5.74) is 1.09. The molecule has 1 atom stereocenters. The molecule has 2 aromatic rings. The molecule has 2 heterocycles. The Balaban J connectivity index is 2.38. The van der Waals surface area contributed by atoms with Gasteiger partial charge in [0.1, 0.15) is 5.69 Å². The third-order valence-electron chi connectivity index (χ3n) is 3.36. The van der Waals surface area contributed by atoms with E-state index in [9.17, 15) is 0 Å². The van der Waals surface area contributed by atoms with Crippen molar-refractivity contribution < 1.29 is 4.74 Å². The maximum Gasteiger partial charge on any atom is 0.161 e. The van der Waals surface area contributed by atoms with E-state index in [-0.39, 0.29) is 6.04 Å². The van der Waals surface area contributed by atoms with Crippen LogP contribution in [0.4, 0.5) is 0 Å². The van der Waals surface area contributed by atoms with E-state index in [4.69, 9.17) is 4.74 Å². The van der Waals surface area contributed by atoms with E-state index < -0.39 is 0 Å². The van der Waals surface area contributed by atoms with Crippen molar-refractivity contribution in [2.45, 2.75) is 32.7 Å². The summed E-state index contributed by atoms with van der Waals surface area (Å²) in [6, 6.07) is 4.56. The Morgan fingerprint density at radius 3 is 2.80 bits per heavy atom. The van der Waals surface area contributed by atoms with Gasteiger partial charge < -0.3 is 10.1 Å². The molecule has 0 aliphatic carbocycles. The van der Waals surface area contributed by atoms with E-state index in [1.165, 1.54) is 9.75 Å². The first-order valence-corrected chi connectivity index (χ1v) is 7.90. The molecule has 0 aliphatic rings. The van der Waals surface area contributed by atoms with Crippen molar-refractivity contribution in [3.05, 3.63) is 33.8 Å². The largest absolute Gasteiger partial charge is 0.493 e. The smallest absolute Gasteiger partial charge is 0.161 e. The molecular formula is C15H23N3OS. The van der Waals surface area contributed by atoms with Crippen LogP contribution < -0.4 is 10.1 Å². The molecule has 0 bridgehead atoms. The Bertz CT molecular complexity index is 547. The van der Waals surface area contributed by atoms with Crippen LogP contribution >= 0.6 is 11.3 Å².